The van der Waals surface area contributed by atoms with Crippen LogP contribution in [0.1, 0.15) is 12.8 Å². The van der Waals surface area contributed by atoms with Crippen molar-refractivity contribution in [2.75, 3.05) is 6.54 Å². The minimum absolute atomic E-state index is 1.11. The van der Waals surface area contributed by atoms with Crippen molar-refractivity contribution in [1.29, 1.82) is 0 Å². The van der Waals surface area contributed by atoms with Gasteiger partial charge in [0.25, 0.3) is 0 Å². The number of rotatable bonds is 0. The van der Waals surface area contributed by atoms with Gasteiger partial charge in [-0.05, 0) is 0 Å². The summed E-state index contributed by atoms with van der Waals surface area (Å²) < 4.78 is 1.47. The van der Waals surface area contributed by atoms with Gasteiger partial charge in [-0.15, -0.1) is 0 Å². The van der Waals surface area contributed by atoms with E-state index in [4.69, 9.17) is 0 Å². The zero-order valence-corrected chi connectivity index (χ0v) is 6.07. The summed E-state index contributed by atoms with van der Waals surface area (Å²) in [4.78, 5) is 4.21. The summed E-state index contributed by atoms with van der Waals surface area (Å²) in [5, 5.41) is 0. The molecule has 1 nitrogen and oxygen atoms in total. The maximum absolute atomic E-state index is 4.21. The molecule has 0 radical (unpaired) electrons. The molecule has 0 aliphatic carbocycles. The van der Waals surface area contributed by atoms with Crippen LogP contribution in [0.2, 0.25) is 0 Å². The van der Waals surface area contributed by atoms with Gasteiger partial charge in [-0.1, -0.05) is 0 Å². The topological polar surface area (TPSA) is 12.4 Å². The fraction of sp³-hybridized carbons (Fsp3) is 0.750. The number of aliphatic imine (C=N–C) groups is 1. The Morgan fingerprint density at radius 3 is 2.67 bits per heavy atom. The third kappa shape index (κ3) is 1.07. The van der Waals surface area contributed by atoms with E-state index in [0.29, 0.717) is 0 Å². The molecule has 0 spiro atoms. The van der Waals surface area contributed by atoms with Crippen LogP contribution in [0.5, 0.6) is 0 Å². The standard InChI is InChI=1S/C4H6N.Na/c1-2-4-5-3-1;/h1-3H2;. The van der Waals surface area contributed by atoms with Crippen molar-refractivity contribution in [3.63, 3.8) is 0 Å². The average Bonchev–Trinajstić information content (AvgIpc) is 1.86. The predicted octanol–water partition coefficient (Wildman–Crippen LogP) is 0.347. The van der Waals surface area contributed by atoms with Crippen molar-refractivity contribution < 1.29 is 0 Å². The Bertz CT molecular complexity index is 77.6. The summed E-state index contributed by atoms with van der Waals surface area (Å²) in [7, 11) is 0. The second-order valence-electron chi connectivity index (χ2n) is 1.72. The summed E-state index contributed by atoms with van der Waals surface area (Å²) in [6.45, 7) is 1.11. The summed E-state index contributed by atoms with van der Waals surface area (Å²) in [5.41, 5.74) is 0. The van der Waals surface area contributed by atoms with Crippen LogP contribution in [0.4, 0.5) is 0 Å². The Morgan fingerprint density at radius 1 is 1.67 bits per heavy atom. The molecule has 0 amide bonds. The maximum atomic E-state index is 4.21. The van der Waals surface area contributed by atoms with Crippen molar-refractivity contribution in [3.05, 3.63) is 0 Å². The number of nitrogens with zero attached hydrogens (tertiary/aromatic N) is 1. The molecule has 6 heavy (non-hydrogen) atoms. The quantitative estimate of drug-likeness (QED) is 0.381. The Morgan fingerprint density at radius 2 is 2.50 bits per heavy atom. The Balaban J connectivity index is 2.45. The van der Waals surface area contributed by atoms with Gasteiger partial charge >= 0.3 is 55.3 Å². The van der Waals surface area contributed by atoms with Crippen LogP contribution < -0.4 is 0 Å². The molecular formula is C4H6NNa. The van der Waals surface area contributed by atoms with Gasteiger partial charge in [0.05, 0.1) is 0 Å². The SMILES string of the molecule is [Na][C]1=NCCC1. The summed E-state index contributed by atoms with van der Waals surface area (Å²) in [6, 6.07) is 0. The van der Waals surface area contributed by atoms with Gasteiger partial charge in [0.1, 0.15) is 0 Å². The molecule has 0 fully saturated rings. The van der Waals surface area contributed by atoms with E-state index in [1.807, 2.05) is 0 Å². The fourth-order valence-corrected chi connectivity index (χ4v) is 1.26. The normalized spacial score (nSPS) is 21.3. The van der Waals surface area contributed by atoms with Crippen LogP contribution >= 0.6 is 0 Å². The molecule has 0 unspecified atom stereocenters. The molecule has 1 aliphatic heterocycles. The van der Waals surface area contributed by atoms with Crippen LogP contribution in [-0.4, -0.2) is 37.4 Å². The van der Waals surface area contributed by atoms with Gasteiger partial charge in [0.2, 0.25) is 0 Å². The molecule has 1 heterocycles. The van der Waals surface area contributed by atoms with Crippen LogP contribution in [-0.2, 0) is 0 Å². The van der Waals surface area contributed by atoms with Crippen LogP contribution in [0.3, 0.4) is 0 Å². The van der Waals surface area contributed by atoms with Crippen LogP contribution in [0.15, 0.2) is 4.99 Å². The first-order chi connectivity index (χ1) is 2.89. The van der Waals surface area contributed by atoms with Crippen molar-refractivity contribution in [2.24, 2.45) is 4.99 Å². The molecular weight excluding hydrogens is 85.0 g/mol. The summed E-state index contributed by atoms with van der Waals surface area (Å²) in [5.74, 6) is 0. The summed E-state index contributed by atoms with van der Waals surface area (Å²) >= 11 is 1.20. The van der Waals surface area contributed by atoms with E-state index in [2.05, 4.69) is 4.99 Å². The second-order valence-corrected chi connectivity index (χ2v) is 2.87. The molecule has 1 rings (SSSR count). The summed E-state index contributed by atoms with van der Waals surface area (Å²) in [6.07, 6.45) is 2.62. The molecule has 0 atom stereocenters. The zero-order chi connectivity index (χ0) is 4.41. The molecule has 1 aliphatic rings. The van der Waals surface area contributed by atoms with Crippen molar-refractivity contribution >= 4 is 30.9 Å². The van der Waals surface area contributed by atoms with Gasteiger partial charge < -0.3 is 0 Å². The van der Waals surface area contributed by atoms with E-state index in [9.17, 15) is 0 Å². The molecule has 0 bridgehead atoms. The minimum atomic E-state index is 1.11. The fourth-order valence-electron chi connectivity index (χ4n) is 0.684. The van der Waals surface area contributed by atoms with Crippen molar-refractivity contribution in [1.82, 2.24) is 0 Å². The number of hydrogen-bond acceptors (Lipinski definition) is 1. The molecule has 0 saturated heterocycles. The van der Waals surface area contributed by atoms with Crippen LogP contribution in [0, 0.1) is 0 Å². The predicted molar refractivity (Wildman–Crippen MR) is 27.3 cm³/mol. The van der Waals surface area contributed by atoms with E-state index < -0.39 is 0 Å². The van der Waals surface area contributed by atoms with E-state index in [1.165, 1.54) is 43.7 Å². The van der Waals surface area contributed by atoms with E-state index in [0.717, 1.165) is 6.54 Å². The van der Waals surface area contributed by atoms with Gasteiger partial charge in [-0.3, -0.25) is 0 Å². The van der Waals surface area contributed by atoms with E-state index in [-0.39, 0.29) is 0 Å². The van der Waals surface area contributed by atoms with Crippen molar-refractivity contribution in [2.45, 2.75) is 12.8 Å². The average molecular weight is 91.1 g/mol. The first kappa shape index (κ1) is 4.82. The Kier molecular flexibility index (Phi) is 1.69. The number of hydrogen-bond donors (Lipinski definition) is 0. The third-order valence-corrected chi connectivity index (χ3v) is 1.89. The van der Waals surface area contributed by atoms with Gasteiger partial charge in [0, 0.05) is 0 Å². The molecule has 2 heteroatoms. The molecule has 28 valence electrons. The zero-order valence-electron chi connectivity index (χ0n) is 4.07. The Hall–Kier alpha value is 0.670. The molecule has 0 aromatic rings. The second kappa shape index (κ2) is 2.10. The van der Waals surface area contributed by atoms with Gasteiger partial charge in [-0.25, -0.2) is 0 Å². The Labute approximate surface area is 55.3 Å². The van der Waals surface area contributed by atoms with Gasteiger partial charge in [-0.2, -0.15) is 0 Å². The monoisotopic (exact) mass is 91.0 g/mol. The first-order valence-corrected chi connectivity index (χ1v) is 3.39. The van der Waals surface area contributed by atoms with Crippen LogP contribution in [0.25, 0.3) is 0 Å². The molecule has 0 saturated carbocycles. The van der Waals surface area contributed by atoms with Crippen molar-refractivity contribution in [3.8, 4) is 0 Å². The van der Waals surface area contributed by atoms with E-state index >= 15 is 0 Å². The first-order valence-electron chi connectivity index (χ1n) is 2.39. The molecule has 0 N–H and O–H groups in total. The molecule has 0 aromatic carbocycles. The van der Waals surface area contributed by atoms with Gasteiger partial charge in [0.15, 0.2) is 0 Å². The molecule has 0 aromatic heterocycles. The van der Waals surface area contributed by atoms with E-state index in [1.54, 1.807) is 0 Å². The third-order valence-electron chi connectivity index (χ3n) is 1.08.